The minimum atomic E-state index is 0.231. The first-order chi connectivity index (χ1) is 7.92. The zero-order valence-corrected chi connectivity index (χ0v) is 12.3. The minimum absolute atomic E-state index is 0.231. The quantitative estimate of drug-likeness (QED) is 0.772. The van der Waals surface area contributed by atoms with Gasteiger partial charge in [0.2, 0.25) is 0 Å². The first-order valence-electron chi connectivity index (χ1n) is 6.98. The highest BCUT2D eigenvalue weighted by Crippen LogP contribution is 2.16. The Morgan fingerprint density at radius 3 is 2.29 bits per heavy atom. The highest BCUT2D eigenvalue weighted by molar-refractivity contribution is 4.86. The van der Waals surface area contributed by atoms with E-state index in [1.807, 2.05) is 0 Å². The van der Waals surface area contributed by atoms with Crippen molar-refractivity contribution < 1.29 is 4.74 Å². The molecule has 0 bridgehead atoms. The maximum Gasteiger partial charge on any atom is 0.0594 e. The summed E-state index contributed by atoms with van der Waals surface area (Å²) in [6.07, 6.45) is 1.25. The second kappa shape index (κ2) is 6.72. The Balaban J connectivity index is 2.32. The first-order valence-corrected chi connectivity index (χ1v) is 6.98. The summed E-state index contributed by atoms with van der Waals surface area (Å²) in [6, 6.07) is 0.607. The van der Waals surface area contributed by atoms with Crippen LogP contribution in [0.3, 0.4) is 0 Å². The van der Waals surface area contributed by atoms with Gasteiger partial charge in [0.15, 0.2) is 0 Å². The molecule has 0 aliphatic carbocycles. The molecule has 1 aliphatic rings. The molecule has 0 radical (unpaired) electrons. The topological polar surface area (TPSA) is 24.5 Å². The van der Waals surface area contributed by atoms with Crippen LogP contribution in [-0.2, 0) is 4.74 Å². The zero-order chi connectivity index (χ0) is 12.9. The molecule has 0 amide bonds. The molecule has 0 aromatic rings. The van der Waals surface area contributed by atoms with E-state index in [1.54, 1.807) is 0 Å². The van der Waals surface area contributed by atoms with Crippen molar-refractivity contribution in [3.05, 3.63) is 0 Å². The van der Waals surface area contributed by atoms with Crippen LogP contribution in [0.2, 0.25) is 0 Å². The lowest BCUT2D eigenvalue weighted by molar-refractivity contribution is -0.0103. The van der Waals surface area contributed by atoms with Gasteiger partial charge >= 0.3 is 0 Å². The highest BCUT2D eigenvalue weighted by Gasteiger charge is 2.28. The average molecular weight is 242 g/mol. The summed E-state index contributed by atoms with van der Waals surface area (Å²) in [5.41, 5.74) is 0.231. The van der Waals surface area contributed by atoms with Crippen molar-refractivity contribution in [1.29, 1.82) is 0 Å². The summed E-state index contributed by atoms with van der Waals surface area (Å²) < 4.78 is 5.41. The van der Waals surface area contributed by atoms with Gasteiger partial charge in [-0.2, -0.15) is 0 Å². The van der Waals surface area contributed by atoms with E-state index in [2.05, 4.69) is 44.8 Å². The lowest BCUT2D eigenvalue weighted by atomic mass is 10.00. The molecular formula is C14H30N2O. The van der Waals surface area contributed by atoms with Gasteiger partial charge in [-0.15, -0.1) is 0 Å². The molecule has 3 heteroatoms. The third-order valence-electron chi connectivity index (χ3n) is 3.58. The molecule has 3 nitrogen and oxygen atoms in total. The second-order valence-electron chi connectivity index (χ2n) is 6.32. The van der Waals surface area contributed by atoms with E-state index in [4.69, 9.17) is 4.74 Å². The number of nitrogens with zero attached hydrogens (tertiary/aromatic N) is 1. The van der Waals surface area contributed by atoms with E-state index in [0.717, 1.165) is 38.8 Å². The highest BCUT2D eigenvalue weighted by atomic mass is 16.5. The maximum atomic E-state index is 5.41. The van der Waals surface area contributed by atoms with Crippen molar-refractivity contribution in [3.63, 3.8) is 0 Å². The molecule has 1 atom stereocenters. The Hall–Kier alpha value is -0.120. The Morgan fingerprint density at radius 1 is 1.18 bits per heavy atom. The van der Waals surface area contributed by atoms with Crippen LogP contribution in [0.25, 0.3) is 0 Å². The van der Waals surface area contributed by atoms with E-state index < -0.39 is 0 Å². The van der Waals surface area contributed by atoms with Gasteiger partial charge in [-0.25, -0.2) is 0 Å². The summed E-state index contributed by atoms with van der Waals surface area (Å²) in [5.74, 6) is 0.768. The molecule has 1 aliphatic heterocycles. The predicted octanol–water partition coefficient (Wildman–Crippen LogP) is 2.12. The number of hydrogen-bond acceptors (Lipinski definition) is 3. The van der Waals surface area contributed by atoms with Crippen LogP contribution in [0, 0.1) is 5.92 Å². The van der Waals surface area contributed by atoms with E-state index in [0.29, 0.717) is 6.04 Å². The summed E-state index contributed by atoms with van der Waals surface area (Å²) in [5, 5.41) is 3.67. The predicted molar refractivity (Wildman–Crippen MR) is 73.4 cm³/mol. The molecule has 0 saturated carbocycles. The number of ether oxygens (including phenoxy) is 1. The van der Waals surface area contributed by atoms with Crippen molar-refractivity contribution in [3.8, 4) is 0 Å². The van der Waals surface area contributed by atoms with Crippen LogP contribution in [0.5, 0.6) is 0 Å². The van der Waals surface area contributed by atoms with Crippen molar-refractivity contribution >= 4 is 0 Å². The Bertz CT molecular complexity index is 210. The molecular weight excluding hydrogens is 212 g/mol. The van der Waals surface area contributed by atoms with Crippen molar-refractivity contribution in [2.24, 2.45) is 5.92 Å². The first kappa shape index (κ1) is 14.9. The summed E-state index contributed by atoms with van der Waals surface area (Å²) >= 11 is 0. The summed E-state index contributed by atoms with van der Waals surface area (Å²) in [6.45, 7) is 16.4. The lowest BCUT2D eigenvalue weighted by Crippen LogP contribution is -2.55. The molecule has 1 unspecified atom stereocenters. The molecule has 1 fully saturated rings. The average Bonchev–Trinajstić information content (AvgIpc) is 2.27. The second-order valence-corrected chi connectivity index (χ2v) is 6.32. The van der Waals surface area contributed by atoms with Crippen LogP contribution in [0.1, 0.15) is 41.0 Å². The number of nitrogens with one attached hydrogen (secondary N) is 1. The van der Waals surface area contributed by atoms with Gasteiger partial charge < -0.3 is 10.1 Å². The molecule has 102 valence electrons. The van der Waals surface area contributed by atoms with E-state index in [-0.39, 0.29) is 5.54 Å². The Morgan fingerprint density at radius 2 is 1.76 bits per heavy atom. The number of hydrogen-bond donors (Lipinski definition) is 1. The fourth-order valence-corrected chi connectivity index (χ4v) is 2.49. The SMILES string of the molecule is CC(C)CC(C)NCC(C)(C)N1CCOCC1. The molecule has 0 spiro atoms. The van der Waals surface area contributed by atoms with E-state index >= 15 is 0 Å². The third-order valence-corrected chi connectivity index (χ3v) is 3.58. The molecule has 1 N–H and O–H groups in total. The largest absolute Gasteiger partial charge is 0.379 e. The minimum Gasteiger partial charge on any atom is -0.379 e. The van der Waals surface area contributed by atoms with Crippen molar-refractivity contribution in [2.45, 2.75) is 52.6 Å². The Labute approximate surface area is 107 Å². The van der Waals surface area contributed by atoms with Crippen LogP contribution >= 0.6 is 0 Å². The van der Waals surface area contributed by atoms with Gasteiger partial charge in [-0.3, -0.25) is 4.90 Å². The zero-order valence-electron chi connectivity index (χ0n) is 12.3. The van der Waals surface area contributed by atoms with Gasteiger partial charge in [-0.05, 0) is 33.1 Å². The molecule has 1 saturated heterocycles. The molecule has 1 heterocycles. The Kier molecular flexibility index (Phi) is 5.90. The summed E-state index contributed by atoms with van der Waals surface area (Å²) in [7, 11) is 0. The maximum absolute atomic E-state index is 5.41. The molecule has 1 rings (SSSR count). The molecule has 17 heavy (non-hydrogen) atoms. The van der Waals surface area contributed by atoms with Crippen LogP contribution < -0.4 is 5.32 Å². The van der Waals surface area contributed by atoms with Gasteiger partial charge in [0.05, 0.1) is 13.2 Å². The van der Waals surface area contributed by atoms with Gasteiger partial charge in [0, 0.05) is 31.2 Å². The molecule has 0 aromatic heterocycles. The monoisotopic (exact) mass is 242 g/mol. The van der Waals surface area contributed by atoms with Crippen LogP contribution in [-0.4, -0.2) is 49.3 Å². The van der Waals surface area contributed by atoms with Gasteiger partial charge in [0.25, 0.3) is 0 Å². The molecule has 0 aromatic carbocycles. The van der Waals surface area contributed by atoms with Gasteiger partial charge in [-0.1, -0.05) is 13.8 Å². The standard InChI is InChI=1S/C14H30N2O/c1-12(2)10-13(3)15-11-14(4,5)16-6-8-17-9-7-16/h12-13,15H,6-11H2,1-5H3. The fourth-order valence-electron chi connectivity index (χ4n) is 2.49. The van der Waals surface area contributed by atoms with E-state index in [9.17, 15) is 0 Å². The number of morpholine rings is 1. The smallest absolute Gasteiger partial charge is 0.0594 e. The lowest BCUT2D eigenvalue weighted by Gasteiger charge is -2.41. The van der Waals surface area contributed by atoms with Crippen molar-refractivity contribution in [1.82, 2.24) is 10.2 Å². The van der Waals surface area contributed by atoms with Crippen LogP contribution in [0.4, 0.5) is 0 Å². The summed E-state index contributed by atoms with van der Waals surface area (Å²) in [4.78, 5) is 2.53. The third kappa shape index (κ3) is 5.36. The van der Waals surface area contributed by atoms with Crippen molar-refractivity contribution in [2.75, 3.05) is 32.8 Å². The normalized spacial score (nSPS) is 20.8. The number of rotatable bonds is 6. The fraction of sp³-hybridized carbons (Fsp3) is 1.00. The van der Waals surface area contributed by atoms with Gasteiger partial charge in [0.1, 0.15) is 0 Å². The van der Waals surface area contributed by atoms with E-state index in [1.165, 1.54) is 6.42 Å². The van der Waals surface area contributed by atoms with Crippen LogP contribution in [0.15, 0.2) is 0 Å².